The highest BCUT2D eigenvalue weighted by atomic mass is 35.5. The van der Waals surface area contributed by atoms with Crippen LogP contribution in [0.2, 0.25) is 0 Å². The first-order valence-corrected chi connectivity index (χ1v) is 8.08. The lowest BCUT2D eigenvalue weighted by Crippen LogP contribution is -2.31. The van der Waals surface area contributed by atoms with E-state index in [0.29, 0.717) is 19.4 Å². The van der Waals surface area contributed by atoms with Gasteiger partial charge >= 0.3 is 0 Å². The molecule has 0 fully saturated rings. The van der Waals surface area contributed by atoms with Gasteiger partial charge < -0.3 is 16.0 Å². The van der Waals surface area contributed by atoms with E-state index in [4.69, 9.17) is 0 Å². The number of aryl methyl sites for hydroxylation is 1. The molecule has 0 spiro atoms. The summed E-state index contributed by atoms with van der Waals surface area (Å²) in [5, 5.41) is 9.00. The van der Waals surface area contributed by atoms with E-state index < -0.39 is 0 Å². The monoisotopic (exact) mass is 339 g/mol. The van der Waals surface area contributed by atoms with Gasteiger partial charge in [0.05, 0.1) is 6.42 Å². The van der Waals surface area contributed by atoms with E-state index in [0.717, 1.165) is 43.6 Å². The smallest absolute Gasteiger partial charge is 0.228 e. The lowest BCUT2D eigenvalue weighted by molar-refractivity contribution is -0.121. The fourth-order valence-electron chi connectivity index (χ4n) is 2.57. The van der Waals surface area contributed by atoms with Gasteiger partial charge in [-0.25, -0.2) is 0 Å². The molecule has 0 saturated carbocycles. The number of amides is 2. The number of nitrogens with one attached hydrogen (secondary N) is 3. The van der Waals surface area contributed by atoms with E-state index in [2.05, 4.69) is 28.9 Å². The summed E-state index contributed by atoms with van der Waals surface area (Å²) in [5.74, 6) is 0.166. The van der Waals surface area contributed by atoms with Gasteiger partial charge in [-0.2, -0.15) is 0 Å². The average Bonchev–Trinajstić information content (AvgIpc) is 2.86. The van der Waals surface area contributed by atoms with Crippen LogP contribution >= 0.6 is 12.4 Å². The summed E-state index contributed by atoms with van der Waals surface area (Å²) >= 11 is 0. The number of halogens is 1. The van der Waals surface area contributed by atoms with Gasteiger partial charge in [-0.15, -0.1) is 12.4 Å². The van der Waals surface area contributed by atoms with Crippen molar-refractivity contribution in [1.82, 2.24) is 10.6 Å². The molecule has 5 nitrogen and oxygen atoms in total. The molecule has 0 saturated heterocycles. The predicted octanol–water partition coefficient (Wildman–Crippen LogP) is 2.04. The van der Waals surface area contributed by atoms with Gasteiger partial charge in [0.15, 0.2) is 0 Å². The maximum atomic E-state index is 11.7. The van der Waals surface area contributed by atoms with Gasteiger partial charge in [-0.1, -0.05) is 19.1 Å². The largest absolute Gasteiger partial charge is 0.355 e. The number of rotatable bonds is 9. The Balaban J connectivity index is 0.00000264. The summed E-state index contributed by atoms with van der Waals surface area (Å²) in [7, 11) is 0. The highest BCUT2D eigenvalue weighted by Crippen LogP contribution is 2.24. The zero-order chi connectivity index (χ0) is 15.8. The molecule has 0 unspecified atom stereocenters. The molecule has 0 aromatic heterocycles. The second-order valence-electron chi connectivity index (χ2n) is 5.67. The first kappa shape index (κ1) is 19.5. The maximum absolute atomic E-state index is 11.7. The lowest BCUT2D eigenvalue weighted by atomic mass is 10.0. The molecule has 1 aliphatic rings. The molecule has 1 aromatic carbocycles. The van der Waals surface area contributed by atoms with Gasteiger partial charge in [0, 0.05) is 25.2 Å². The van der Waals surface area contributed by atoms with Crippen LogP contribution in [0.25, 0.3) is 0 Å². The van der Waals surface area contributed by atoms with Gasteiger partial charge in [0.1, 0.15) is 0 Å². The number of hydrogen-bond donors (Lipinski definition) is 3. The van der Waals surface area contributed by atoms with Crippen molar-refractivity contribution < 1.29 is 9.59 Å². The number of carbonyl (C=O) groups excluding carboxylic acids is 2. The number of hydrogen-bond acceptors (Lipinski definition) is 3. The standard InChI is InChI=1S/C17H25N3O2.ClH/c1-2-8-18-9-10-19-16(21)5-3-4-13-6-7-15-14(11-13)12-17(22)20-15;/h6-7,11,18H,2-5,8-10,12H2,1H3,(H,19,21)(H,20,22);1H. The summed E-state index contributed by atoms with van der Waals surface area (Å²) in [6.45, 7) is 4.62. The van der Waals surface area contributed by atoms with Crippen LogP contribution < -0.4 is 16.0 Å². The first-order valence-electron chi connectivity index (χ1n) is 8.08. The SMILES string of the molecule is CCCNCCNC(=O)CCCc1ccc2c(c1)CC(=O)N2.Cl. The quantitative estimate of drug-likeness (QED) is 0.603. The van der Waals surface area contributed by atoms with Crippen LogP contribution in [0.15, 0.2) is 18.2 Å². The Morgan fingerprint density at radius 2 is 2.09 bits per heavy atom. The van der Waals surface area contributed by atoms with Crippen molar-refractivity contribution in [1.29, 1.82) is 0 Å². The molecule has 1 aromatic rings. The van der Waals surface area contributed by atoms with Crippen LogP contribution in [0, 0.1) is 0 Å². The highest BCUT2D eigenvalue weighted by Gasteiger charge is 2.17. The van der Waals surface area contributed by atoms with Crippen LogP contribution in [-0.2, 0) is 22.4 Å². The Hall–Kier alpha value is -1.59. The summed E-state index contributed by atoms with van der Waals surface area (Å²) in [6.07, 6.45) is 3.81. The molecule has 0 radical (unpaired) electrons. The molecule has 0 bridgehead atoms. The van der Waals surface area contributed by atoms with Crippen molar-refractivity contribution in [3.8, 4) is 0 Å². The summed E-state index contributed by atoms with van der Waals surface area (Å²) in [6, 6.07) is 6.05. The van der Waals surface area contributed by atoms with Gasteiger partial charge in [-0.05, 0) is 43.0 Å². The van der Waals surface area contributed by atoms with Crippen molar-refractivity contribution in [3.05, 3.63) is 29.3 Å². The molecular weight excluding hydrogens is 314 g/mol. The molecule has 1 heterocycles. The Labute approximate surface area is 144 Å². The van der Waals surface area contributed by atoms with Crippen LogP contribution in [-0.4, -0.2) is 31.4 Å². The van der Waals surface area contributed by atoms with E-state index in [1.54, 1.807) is 0 Å². The second kappa shape index (κ2) is 10.2. The van der Waals surface area contributed by atoms with Crippen molar-refractivity contribution in [2.75, 3.05) is 25.0 Å². The molecule has 128 valence electrons. The van der Waals surface area contributed by atoms with E-state index in [1.165, 1.54) is 5.56 Å². The normalized spacial score (nSPS) is 12.3. The van der Waals surface area contributed by atoms with Crippen LogP contribution in [0.1, 0.15) is 37.3 Å². The zero-order valence-electron chi connectivity index (χ0n) is 13.6. The molecule has 0 atom stereocenters. The molecule has 2 amide bonds. The average molecular weight is 340 g/mol. The Bertz CT molecular complexity index is 535. The number of anilines is 1. The zero-order valence-corrected chi connectivity index (χ0v) is 14.4. The Morgan fingerprint density at radius 3 is 2.87 bits per heavy atom. The van der Waals surface area contributed by atoms with Gasteiger partial charge in [-0.3, -0.25) is 9.59 Å². The third-order valence-electron chi connectivity index (χ3n) is 3.71. The second-order valence-corrected chi connectivity index (χ2v) is 5.67. The lowest BCUT2D eigenvalue weighted by Gasteiger charge is -2.07. The summed E-state index contributed by atoms with van der Waals surface area (Å²) in [5.41, 5.74) is 3.17. The van der Waals surface area contributed by atoms with Crippen molar-refractivity contribution in [2.45, 2.75) is 39.0 Å². The van der Waals surface area contributed by atoms with Crippen LogP contribution in [0.5, 0.6) is 0 Å². The molecule has 3 N–H and O–H groups in total. The minimum Gasteiger partial charge on any atom is -0.355 e. The highest BCUT2D eigenvalue weighted by molar-refractivity contribution is 5.99. The number of carbonyl (C=O) groups is 2. The topological polar surface area (TPSA) is 70.2 Å². The van der Waals surface area contributed by atoms with Crippen LogP contribution in [0.4, 0.5) is 5.69 Å². The van der Waals surface area contributed by atoms with Crippen molar-refractivity contribution >= 4 is 29.9 Å². The third-order valence-corrected chi connectivity index (χ3v) is 3.71. The fourth-order valence-corrected chi connectivity index (χ4v) is 2.57. The number of fused-ring (bicyclic) bond motifs is 1. The molecule has 1 aliphatic heterocycles. The van der Waals surface area contributed by atoms with E-state index in [-0.39, 0.29) is 24.2 Å². The van der Waals surface area contributed by atoms with Crippen molar-refractivity contribution in [3.63, 3.8) is 0 Å². The fraction of sp³-hybridized carbons (Fsp3) is 0.529. The predicted molar refractivity (Wildman–Crippen MR) is 95.1 cm³/mol. The summed E-state index contributed by atoms with van der Waals surface area (Å²) in [4.78, 5) is 23.0. The van der Waals surface area contributed by atoms with E-state index in [9.17, 15) is 9.59 Å². The molecule has 23 heavy (non-hydrogen) atoms. The minimum absolute atomic E-state index is 0. The number of benzene rings is 1. The maximum Gasteiger partial charge on any atom is 0.228 e. The molecule has 6 heteroatoms. The van der Waals surface area contributed by atoms with E-state index in [1.807, 2.05) is 12.1 Å². The van der Waals surface area contributed by atoms with Crippen LogP contribution in [0.3, 0.4) is 0 Å². The molecule has 0 aliphatic carbocycles. The van der Waals surface area contributed by atoms with Gasteiger partial charge in [0.2, 0.25) is 11.8 Å². The third kappa shape index (κ3) is 6.59. The Morgan fingerprint density at radius 1 is 1.26 bits per heavy atom. The minimum atomic E-state index is 0. The Kier molecular flexibility index (Phi) is 8.66. The first-order chi connectivity index (χ1) is 10.7. The molecule has 2 rings (SSSR count). The van der Waals surface area contributed by atoms with Gasteiger partial charge in [0.25, 0.3) is 0 Å². The summed E-state index contributed by atoms with van der Waals surface area (Å²) < 4.78 is 0. The van der Waals surface area contributed by atoms with E-state index >= 15 is 0 Å². The van der Waals surface area contributed by atoms with Crippen molar-refractivity contribution in [2.24, 2.45) is 0 Å². The molecular formula is C17H26ClN3O2.